The van der Waals surface area contributed by atoms with Crippen molar-refractivity contribution >= 4 is 23.6 Å². The zero-order chi connectivity index (χ0) is 22.3. The van der Waals surface area contributed by atoms with E-state index in [-0.39, 0.29) is 30.1 Å². The smallest absolute Gasteiger partial charge is 0.321 e. The topological polar surface area (TPSA) is 120 Å². The first-order chi connectivity index (χ1) is 15.6. The summed E-state index contributed by atoms with van der Waals surface area (Å²) in [5.74, 6) is 0.924. The number of esters is 1. The van der Waals surface area contributed by atoms with Crippen molar-refractivity contribution in [2.24, 2.45) is 5.92 Å². The molecule has 0 radical (unpaired) electrons. The molecular weight excluding hydrogens is 410 g/mol. The Labute approximate surface area is 185 Å². The van der Waals surface area contributed by atoms with Gasteiger partial charge in [-0.05, 0) is 48.6 Å². The number of anilines is 2. The van der Waals surface area contributed by atoms with Gasteiger partial charge in [-0.2, -0.15) is 0 Å². The number of nitrogens with one attached hydrogen (secondary N) is 1. The van der Waals surface area contributed by atoms with Crippen molar-refractivity contribution in [2.45, 2.75) is 44.4 Å². The molecule has 4 rings (SSSR count). The summed E-state index contributed by atoms with van der Waals surface area (Å²) < 4.78 is 10.2. The maximum atomic E-state index is 12.5. The van der Waals surface area contributed by atoms with Crippen molar-refractivity contribution in [3.63, 3.8) is 0 Å². The second kappa shape index (κ2) is 10.1. The molecule has 0 amide bonds. The number of ether oxygens (including phenoxy) is 1. The molecule has 1 saturated carbocycles. The van der Waals surface area contributed by atoms with Crippen LogP contribution >= 0.6 is 0 Å². The normalized spacial score (nSPS) is 18.2. The highest BCUT2D eigenvalue weighted by Gasteiger charge is 2.24. The monoisotopic (exact) mass is 435 g/mol. The van der Waals surface area contributed by atoms with Gasteiger partial charge < -0.3 is 9.15 Å². The molecule has 1 fully saturated rings. The highest BCUT2D eigenvalue weighted by atomic mass is 16.5. The number of hydrogen-bond acceptors (Lipinski definition) is 9. The Morgan fingerprint density at radius 1 is 1.09 bits per heavy atom. The average molecular weight is 435 g/mol. The number of hydrogen-bond donors (Lipinski definition) is 1. The lowest BCUT2D eigenvalue weighted by Gasteiger charge is -2.28. The fourth-order valence-corrected chi connectivity index (χ4v) is 4.05. The summed E-state index contributed by atoms with van der Waals surface area (Å²) in [4.78, 5) is 32.0. The van der Waals surface area contributed by atoms with Gasteiger partial charge in [-0.25, -0.2) is 4.98 Å². The van der Waals surface area contributed by atoms with Gasteiger partial charge in [0.1, 0.15) is 0 Å². The Balaban J connectivity index is 1.29. The molecule has 1 N–H and O–H groups in total. The van der Waals surface area contributed by atoms with Gasteiger partial charge in [0.25, 0.3) is 5.89 Å². The molecule has 1 aliphatic carbocycles. The molecule has 0 aliphatic heterocycles. The molecule has 2 heterocycles. The summed E-state index contributed by atoms with van der Waals surface area (Å²) in [6.45, 7) is 0. The number of rotatable bonds is 8. The molecule has 1 aromatic carbocycles. The largest absolute Gasteiger partial charge is 0.469 e. The zero-order valence-corrected chi connectivity index (χ0v) is 17.9. The van der Waals surface area contributed by atoms with Gasteiger partial charge in [-0.15, -0.1) is 5.10 Å². The van der Waals surface area contributed by atoms with Crippen LogP contribution in [0.3, 0.4) is 0 Å². The number of carbonyl (C=O) groups excluding carboxylic acids is 2. The van der Waals surface area contributed by atoms with Crippen LogP contribution in [0.25, 0.3) is 0 Å². The van der Waals surface area contributed by atoms with E-state index in [1.54, 1.807) is 6.20 Å². The summed E-state index contributed by atoms with van der Waals surface area (Å²) in [7, 11) is 1.44. The SMILES string of the molecule is COC(=O)CC1CCC(c2ccc(CC(=O)c3nnc(Nc4cnccn4)o3)cc2)CC1. The van der Waals surface area contributed by atoms with E-state index >= 15 is 0 Å². The quantitative estimate of drug-likeness (QED) is 0.415. The zero-order valence-electron chi connectivity index (χ0n) is 17.9. The summed E-state index contributed by atoms with van der Waals surface area (Å²) >= 11 is 0. The lowest BCUT2D eigenvalue weighted by Crippen LogP contribution is -2.17. The van der Waals surface area contributed by atoms with E-state index in [2.05, 4.69) is 37.6 Å². The van der Waals surface area contributed by atoms with E-state index in [0.29, 0.717) is 24.1 Å². The van der Waals surface area contributed by atoms with Crippen molar-refractivity contribution in [3.8, 4) is 0 Å². The van der Waals surface area contributed by atoms with Crippen molar-refractivity contribution in [1.29, 1.82) is 0 Å². The van der Waals surface area contributed by atoms with Crippen LogP contribution in [-0.2, 0) is 16.0 Å². The summed E-state index contributed by atoms with van der Waals surface area (Å²) in [6, 6.07) is 8.21. The first-order valence-corrected chi connectivity index (χ1v) is 10.7. The Bertz CT molecular complexity index is 1040. The summed E-state index contributed by atoms with van der Waals surface area (Å²) in [5.41, 5.74) is 2.16. The first kappa shape index (κ1) is 21.6. The Morgan fingerprint density at radius 3 is 2.56 bits per heavy atom. The van der Waals surface area contributed by atoms with Crippen molar-refractivity contribution in [3.05, 3.63) is 59.9 Å². The molecule has 0 spiro atoms. The van der Waals surface area contributed by atoms with E-state index in [0.717, 1.165) is 31.2 Å². The van der Waals surface area contributed by atoms with Gasteiger partial charge in [-0.1, -0.05) is 29.4 Å². The number of carbonyl (C=O) groups is 2. The fourth-order valence-electron chi connectivity index (χ4n) is 4.05. The summed E-state index contributed by atoms with van der Waals surface area (Å²) in [6.07, 6.45) is 9.46. The number of methoxy groups -OCH3 is 1. The molecule has 32 heavy (non-hydrogen) atoms. The molecule has 166 valence electrons. The minimum absolute atomic E-state index is 0.0515. The molecule has 0 unspecified atom stereocenters. The maximum Gasteiger partial charge on any atom is 0.321 e. The lowest BCUT2D eigenvalue weighted by molar-refractivity contribution is -0.142. The molecular formula is C23H25N5O4. The van der Waals surface area contributed by atoms with Gasteiger partial charge in [0, 0.05) is 25.2 Å². The van der Waals surface area contributed by atoms with E-state index in [1.165, 1.54) is 25.1 Å². The fraction of sp³-hybridized carbons (Fsp3) is 0.391. The molecule has 0 atom stereocenters. The van der Waals surface area contributed by atoms with Crippen LogP contribution in [0, 0.1) is 5.92 Å². The van der Waals surface area contributed by atoms with E-state index < -0.39 is 0 Å². The van der Waals surface area contributed by atoms with Crippen LogP contribution in [0.2, 0.25) is 0 Å². The van der Waals surface area contributed by atoms with Crippen molar-refractivity contribution in [2.75, 3.05) is 12.4 Å². The van der Waals surface area contributed by atoms with Gasteiger partial charge in [-0.3, -0.25) is 19.9 Å². The predicted octanol–water partition coefficient (Wildman–Crippen LogP) is 3.87. The third-order valence-corrected chi connectivity index (χ3v) is 5.81. The van der Waals surface area contributed by atoms with Gasteiger partial charge in [0.05, 0.1) is 13.3 Å². The van der Waals surface area contributed by atoms with Crippen molar-refractivity contribution < 1.29 is 18.7 Å². The predicted molar refractivity (Wildman–Crippen MR) is 115 cm³/mol. The minimum atomic E-state index is -0.249. The van der Waals surface area contributed by atoms with Crippen LogP contribution in [-0.4, -0.2) is 39.0 Å². The van der Waals surface area contributed by atoms with Crippen LogP contribution in [0.4, 0.5) is 11.8 Å². The maximum absolute atomic E-state index is 12.5. The molecule has 2 aromatic heterocycles. The second-order valence-corrected chi connectivity index (χ2v) is 7.97. The first-order valence-electron chi connectivity index (χ1n) is 10.7. The third kappa shape index (κ3) is 5.54. The standard InChI is InChI=1S/C23H25N5O4/c1-31-21(30)13-16-4-8-18(9-5-16)17-6-2-15(3-7-17)12-19(29)22-27-28-23(32-22)26-20-14-24-10-11-25-20/h2-3,6-7,10-11,14,16,18H,4-5,8-9,12-13H2,1H3,(H,25,26,28). The Kier molecular flexibility index (Phi) is 6.84. The molecule has 0 bridgehead atoms. The lowest BCUT2D eigenvalue weighted by atomic mass is 9.77. The average Bonchev–Trinajstić information content (AvgIpc) is 3.29. The summed E-state index contributed by atoms with van der Waals surface area (Å²) in [5, 5.41) is 10.5. The number of aromatic nitrogens is 4. The highest BCUT2D eigenvalue weighted by Crippen LogP contribution is 2.37. The molecule has 9 nitrogen and oxygen atoms in total. The van der Waals surface area contributed by atoms with Crippen LogP contribution in [0.1, 0.15) is 59.8 Å². The Morgan fingerprint density at radius 2 is 1.88 bits per heavy atom. The highest BCUT2D eigenvalue weighted by molar-refractivity contribution is 5.93. The molecule has 3 aromatic rings. The number of nitrogens with zero attached hydrogens (tertiary/aromatic N) is 4. The second-order valence-electron chi connectivity index (χ2n) is 7.97. The van der Waals surface area contributed by atoms with E-state index in [4.69, 9.17) is 9.15 Å². The van der Waals surface area contributed by atoms with Gasteiger partial charge in [0.15, 0.2) is 5.82 Å². The number of benzene rings is 1. The van der Waals surface area contributed by atoms with E-state index in [1.807, 2.05) is 12.1 Å². The minimum Gasteiger partial charge on any atom is -0.469 e. The van der Waals surface area contributed by atoms with Crippen LogP contribution in [0.5, 0.6) is 0 Å². The number of Topliss-reactive ketones (excluding diaryl/α,β-unsaturated/α-hetero) is 1. The van der Waals surface area contributed by atoms with Gasteiger partial charge in [0.2, 0.25) is 5.78 Å². The van der Waals surface area contributed by atoms with Crippen LogP contribution < -0.4 is 5.32 Å². The molecule has 9 heteroatoms. The van der Waals surface area contributed by atoms with Crippen molar-refractivity contribution in [1.82, 2.24) is 20.2 Å². The third-order valence-electron chi connectivity index (χ3n) is 5.81. The van der Waals surface area contributed by atoms with Gasteiger partial charge >= 0.3 is 12.0 Å². The molecule has 1 aliphatic rings. The Hall–Kier alpha value is -3.62. The number of ketones is 1. The van der Waals surface area contributed by atoms with Crippen LogP contribution in [0.15, 0.2) is 47.3 Å². The van der Waals surface area contributed by atoms with E-state index in [9.17, 15) is 9.59 Å². The molecule has 0 saturated heterocycles.